The molecule has 0 rings (SSSR count). The van der Waals surface area contributed by atoms with E-state index in [2.05, 4.69) is 10.6 Å². The Labute approximate surface area is 105 Å². The summed E-state index contributed by atoms with van der Waals surface area (Å²) in [6, 6.07) is -1.84. The van der Waals surface area contributed by atoms with Gasteiger partial charge in [0.25, 0.3) is 0 Å². The number of amides is 2. The molecule has 0 aromatic heterocycles. The quantitative estimate of drug-likeness (QED) is 0.471. The fourth-order valence-corrected chi connectivity index (χ4v) is 1.65. The lowest BCUT2D eigenvalue weighted by atomic mass is 10.2. The van der Waals surface area contributed by atoms with Gasteiger partial charge in [-0.05, 0) is 31.8 Å². The number of carboxylic acids is 1. The maximum Gasteiger partial charge on any atom is 0.328 e. The van der Waals surface area contributed by atoms with Crippen molar-refractivity contribution < 1.29 is 19.8 Å². The van der Waals surface area contributed by atoms with Crippen molar-refractivity contribution in [2.24, 2.45) is 0 Å². The first kappa shape index (κ1) is 16.1. The van der Waals surface area contributed by atoms with Gasteiger partial charge in [0.2, 0.25) is 0 Å². The van der Waals surface area contributed by atoms with Crippen LogP contribution in [-0.4, -0.2) is 52.9 Å². The number of thioether (sulfide) groups is 1. The Morgan fingerprint density at radius 2 is 2.00 bits per heavy atom. The molecule has 0 saturated heterocycles. The van der Waals surface area contributed by atoms with E-state index in [-0.39, 0.29) is 0 Å². The summed E-state index contributed by atoms with van der Waals surface area (Å²) in [5.74, 6) is -0.216. The van der Waals surface area contributed by atoms with Crippen molar-refractivity contribution in [3.05, 3.63) is 0 Å². The van der Waals surface area contributed by atoms with Gasteiger partial charge < -0.3 is 20.8 Å². The second-order valence-corrected chi connectivity index (χ2v) is 4.64. The fourth-order valence-electron chi connectivity index (χ4n) is 1.15. The number of hydrogen-bond acceptors (Lipinski definition) is 4. The number of unbranched alkanes of at least 4 members (excludes halogenated alkanes) is 1. The molecular weight excluding hydrogens is 244 g/mol. The second kappa shape index (κ2) is 9.12. The molecule has 0 saturated carbocycles. The third-order valence-electron chi connectivity index (χ3n) is 2.10. The Kier molecular flexibility index (Phi) is 8.61. The highest BCUT2D eigenvalue weighted by Crippen LogP contribution is 1.98. The number of hydrogen-bond donors (Lipinski definition) is 4. The standard InChI is InChI=1S/C10H20N2O4S/c1-7(13)8(9(14)15)12-10(16)11-5-3-4-6-17-2/h7-8,13H,3-6H2,1-2H3,(H,14,15)(H2,11,12,16)/t7-,8+/m1/s1. The highest BCUT2D eigenvalue weighted by Gasteiger charge is 2.24. The van der Waals surface area contributed by atoms with Crippen molar-refractivity contribution in [3.8, 4) is 0 Å². The number of rotatable bonds is 8. The average molecular weight is 264 g/mol. The van der Waals surface area contributed by atoms with Crippen molar-refractivity contribution in [3.63, 3.8) is 0 Å². The van der Waals surface area contributed by atoms with Crippen LogP contribution < -0.4 is 10.6 Å². The third-order valence-corrected chi connectivity index (χ3v) is 2.79. The van der Waals surface area contributed by atoms with Crippen LogP contribution in [0.15, 0.2) is 0 Å². The fraction of sp³-hybridized carbons (Fsp3) is 0.800. The number of urea groups is 1. The molecule has 0 bridgehead atoms. The van der Waals surface area contributed by atoms with Crippen LogP contribution in [0.2, 0.25) is 0 Å². The summed E-state index contributed by atoms with van der Waals surface area (Å²) in [5, 5.41) is 22.6. The molecule has 0 aliphatic rings. The normalized spacial score (nSPS) is 13.8. The predicted octanol–water partition coefficient (Wildman–Crippen LogP) is 0.263. The van der Waals surface area contributed by atoms with Crippen molar-refractivity contribution in [2.75, 3.05) is 18.6 Å². The zero-order valence-corrected chi connectivity index (χ0v) is 10.9. The lowest BCUT2D eigenvalue weighted by Gasteiger charge is -2.17. The van der Waals surface area contributed by atoms with E-state index >= 15 is 0 Å². The number of carboxylic acid groups (broad SMARTS) is 1. The van der Waals surface area contributed by atoms with Gasteiger partial charge in [-0.2, -0.15) is 11.8 Å². The van der Waals surface area contributed by atoms with Crippen LogP contribution in [0.4, 0.5) is 4.79 Å². The van der Waals surface area contributed by atoms with E-state index < -0.39 is 24.1 Å². The summed E-state index contributed by atoms with van der Waals surface area (Å²) in [7, 11) is 0. The minimum absolute atomic E-state index is 0.499. The van der Waals surface area contributed by atoms with Crippen molar-refractivity contribution in [1.29, 1.82) is 0 Å². The molecule has 100 valence electrons. The maximum absolute atomic E-state index is 11.3. The zero-order chi connectivity index (χ0) is 13.3. The minimum Gasteiger partial charge on any atom is -0.480 e. The van der Waals surface area contributed by atoms with Crippen molar-refractivity contribution in [2.45, 2.75) is 31.9 Å². The number of aliphatic carboxylic acids is 1. The zero-order valence-electron chi connectivity index (χ0n) is 10.1. The van der Waals surface area contributed by atoms with Crippen LogP contribution in [0.1, 0.15) is 19.8 Å². The van der Waals surface area contributed by atoms with Gasteiger partial charge in [0.1, 0.15) is 0 Å². The molecule has 0 aliphatic heterocycles. The van der Waals surface area contributed by atoms with Crippen LogP contribution >= 0.6 is 11.8 Å². The molecule has 4 N–H and O–H groups in total. The third kappa shape index (κ3) is 7.87. The van der Waals surface area contributed by atoms with Gasteiger partial charge in [-0.25, -0.2) is 9.59 Å². The van der Waals surface area contributed by atoms with Crippen LogP contribution in [0.5, 0.6) is 0 Å². The predicted molar refractivity (Wildman–Crippen MR) is 67.3 cm³/mol. The van der Waals surface area contributed by atoms with Crippen molar-refractivity contribution in [1.82, 2.24) is 10.6 Å². The Balaban J connectivity index is 3.80. The highest BCUT2D eigenvalue weighted by atomic mass is 32.2. The van der Waals surface area contributed by atoms with Crippen LogP contribution in [-0.2, 0) is 4.79 Å². The first-order chi connectivity index (χ1) is 7.99. The monoisotopic (exact) mass is 264 g/mol. The smallest absolute Gasteiger partial charge is 0.328 e. The van der Waals surface area contributed by atoms with E-state index in [0.717, 1.165) is 18.6 Å². The molecule has 2 atom stereocenters. The number of carbonyl (C=O) groups is 2. The van der Waals surface area contributed by atoms with Gasteiger partial charge in [-0.1, -0.05) is 0 Å². The van der Waals surface area contributed by atoms with E-state index in [0.29, 0.717) is 6.54 Å². The largest absolute Gasteiger partial charge is 0.480 e. The highest BCUT2D eigenvalue weighted by molar-refractivity contribution is 7.98. The Morgan fingerprint density at radius 1 is 1.35 bits per heavy atom. The summed E-state index contributed by atoms with van der Waals surface area (Å²) < 4.78 is 0. The lowest BCUT2D eigenvalue weighted by molar-refractivity contribution is -0.141. The summed E-state index contributed by atoms with van der Waals surface area (Å²) in [4.78, 5) is 22.0. The molecule has 0 aromatic rings. The molecule has 0 heterocycles. The molecule has 17 heavy (non-hydrogen) atoms. The molecule has 0 spiro atoms. The number of aliphatic hydroxyl groups excluding tert-OH is 1. The van der Waals surface area contributed by atoms with E-state index in [9.17, 15) is 9.59 Å². The first-order valence-corrected chi connectivity index (χ1v) is 6.82. The van der Waals surface area contributed by atoms with E-state index in [1.165, 1.54) is 6.92 Å². The van der Waals surface area contributed by atoms with Gasteiger partial charge in [0.05, 0.1) is 6.10 Å². The van der Waals surface area contributed by atoms with E-state index in [4.69, 9.17) is 10.2 Å². The SMILES string of the molecule is CSCCCCNC(=O)N[C@H](C(=O)O)[C@@H](C)O. The van der Waals surface area contributed by atoms with Gasteiger partial charge >= 0.3 is 12.0 Å². The first-order valence-electron chi connectivity index (χ1n) is 5.43. The summed E-state index contributed by atoms with van der Waals surface area (Å²) in [5.41, 5.74) is 0. The number of carbonyl (C=O) groups excluding carboxylic acids is 1. The topological polar surface area (TPSA) is 98.7 Å². The maximum atomic E-state index is 11.3. The average Bonchev–Trinajstić information content (AvgIpc) is 2.24. The molecule has 7 heteroatoms. The summed E-state index contributed by atoms with van der Waals surface area (Å²) in [6.45, 7) is 1.82. The Morgan fingerprint density at radius 3 is 2.47 bits per heavy atom. The molecule has 6 nitrogen and oxygen atoms in total. The number of aliphatic hydroxyl groups is 1. The van der Waals surface area contributed by atoms with Crippen molar-refractivity contribution >= 4 is 23.8 Å². The number of nitrogens with one attached hydrogen (secondary N) is 2. The molecule has 0 fully saturated rings. The molecule has 0 unspecified atom stereocenters. The minimum atomic E-state index is -1.28. The lowest BCUT2D eigenvalue weighted by Crippen LogP contribution is -2.51. The molecule has 0 aliphatic carbocycles. The van der Waals surface area contributed by atoms with Crippen LogP contribution in [0.3, 0.4) is 0 Å². The van der Waals surface area contributed by atoms with Crippen LogP contribution in [0.25, 0.3) is 0 Å². The van der Waals surface area contributed by atoms with E-state index in [1.54, 1.807) is 11.8 Å². The Hall–Kier alpha value is -0.950. The van der Waals surface area contributed by atoms with Gasteiger partial charge in [-0.15, -0.1) is 0 Å². The van der Waals surface area contributed by atoms with Gasteiger partial charge in [0, 0.05) is 6.54 Å². The van der Waals surface area contributed by atoms with Crippen LogP contribution in [0, 0.1) is 0 Å². The summed E-state index contributed by atoms with van der Waals surface area (Å²) in [6.07, 6.45) is 2.73. The Bertz CT molecular complexity index is 248. The van der Waals surface area contributed by atoms with Gasteiger partial charge in [0.15, 0.2) is 6.04 Å². The molecule has 0 radical (unpaired) electrons. The second-order valence-electron chi connectivity index (χ2n) is 3.66. The molecule has 0 aromatic carbocycles. The van der Waals surface area contributed by atoms with Gasteiger partial charge in [-0.3, -0.25) is 0 Å². The molecule has 2 amide bonds. The molecular formula is C10H20N2O4S. The summed E-state index contributed by atoms with van der Waals surface area (Å²) >= 11 is 1.74. The van der Waals surface area contributed by atoms with E-state index in [1.807, 2.05) is 6.26 Å².